The van der Waals surface area contributed by atoms with Crippen LogP contribution in [0.25, 0.3) is 0 Å². The van der Waals surface area contributed by atoms with Crippen molar-refractivity contribution < 1.29 is 22.7 Å². The zero-order valence-electron chi connectivity index (χ0n) is 20.2. The summed E-state index contributed by atoms with van der Waals surface area (Å²) < 4.78 is 44.3. The summed E-state index contributed by atoms with van der Waals surface area (Å²) in [5.41, 5.74) is -0.635. The summed E-state index contributed by atoms with van der Waals surface area (Å²) in [7, 11) is 0. The molecule has 2 saturated heterocycles. The number of hydrogen-bond donors (Lipinski definition) is 0. The minimum absolute atomic E-state index is 0.0471. The Hall–Kier alpha value is -1.90. The Labute approximate surface area is 194 Å². The Balaban J connectivity index is 1.50. The average Bonchev–Trinajstić information content (AvgIpc) is 3.37. The molecule has 6 nitrogen and oxygen atoms in total. The summed E-state index contributed by atoms with van der Waals surface area (Å²) in [6.07, 6.45) is 2.43. The molecular weight excluding hydrogens is 433 g/mol. The molecule has 186 valence electrons. The van der Waals surface area contributed by atoms with Gasteiger partial charge in [-0.1, -0.05) is 40.5 Å². The second-order valence-corrected chi connectivity index (χ2v) is 9.91. The van der Waals surface area contributed by atoms with Crippen LogP contribution in [0, 0.1) is 11.3 Å². The maximum absolute atomic E-state index is 12.9. The quantitative estimate of drug-likeness (QED) is 0.454. The van der Waals surface area contributed by atoms with E-state index in [2.05, 4.69) is 37.7 Å². The highest BCUT2D eigenvalue weighted by atomic mass is 19.4. The maximum atomic E-state index is 12.9. The first-order valence-electron chi connectivity index (χ1n) is 12.1. The number of fused-ring (bicyclic) bond motifs is 1. The Morgan fingerprint density at radius 3 is 2.42 bits per heavy atom. The number of ether oxygens (including phenoxy) is 1. The zero-order valence-corrected chi connectivity index (χ0v) is 20.2. The number of halogens is 3. The molecule has 2 aliphatic rings. The van der Waals surface area contributed by atoms with Gasteiger partial charge in [-0.2, -0.15) is 13.2 Å². The number of anilines is 1. The lowest BCUT2D eigenvalue weighted by Gasteiger charge is -2.33. The van der Waals surface area contributed by atoms with Crippen LogP contribution in [0.15, 0.2) is 12.4 Å². The number of rotatable bonds is 10. The van der Waals surface area contributed by atoms with Gasteiger partial charge in [0.15, 0.2) is 0 Å². The van der Waals surface area contributed by atoms with E-state index in [1.807, 2.05) is 9.80 Å². The fraction of sp³-hybridized carbons (Fsp3) is 0.792. The molecule has 9 heteroatoms. The molecule has 3 heterocycles. The molecule has 0 aliphatic carbocycles. The lowest BCUT2D eigenvalue weighted by atomic mass is 9.75. The largest absolute Gasteiger partial charge is 0.419 e. The van der Waals surface area contributed by atoms with Crippen molar-refractivity contribution in [2.75, 3.05) is 31.2 Å². The maximum Gasteiger partial charge on any atom is 0.419 e. The molecule has 0 radical (unpaired) electrons. The standard InChI is InChI=1S/C24H37F3N4O2/c1-5-7-17(23(3,4)6-2)16-33-13-10-21(32)30-11-8-20-19(30)9-12-31(20)22-28-14-18(15-29-22)24(25,26)27/h14-15,17,19-20H,5-13,16H2,1-4H3/t17?,19-,20-/m1/s1. The molecule has 1 amide bonds. The third kappa shape index (κ3) is 5.97. The van der Waals surface area contributed by atoms with Gasteiger partial charge in [0.2, 0.25) is 11.9 Å². The first-order valence-corrected chi connectivity index (χ1v) is 12.1. The molecule has 0 spiro atoms. The molecule has 3 rings (SSSR count). The van der Waals surface area contributed by atoms with Crippen LogP contribution >= 0.6 is 0 Å². The summed E-state index contributed by atoms with van der Waals surface area (Å²) in [4.78, 5) is 24.6. The van der Waals surface area contributed by atoms with Gasteiger partial charge in [-0.3, -0.25) is 4.79 Å². The van der Waals surface area contributed by atoms with Gasteiger partial charge in [0.25, 0.3) is 0 Å². The Morgan fingerprint density at radius 1 is 1.15 bits per heavy atom. The summed E-state index contributed by atoms with van der Waals surface area (Å²) in [6, 6.07) is 0.0983. The van der Waals surface area contributed by atoms with E-state index in [9.17, 15) is 18.0 Å². The molecule has 1 aromatic heterocycles. The van der Waals surface area contributed by atoms with Gasteiger partial charge in [0.05, 0.1) is 30.7 Å². The van der Waals surface area contributed by atoms with Crippen molar-refractivity contribution in [3.05, 3.63) is 18.0 Å². The van der Waals surface area contributed by atoms with E-state index in [0.29, 0.717) is 44.6 Å². The highest BCUT2D eigenvalue weighted by Gasteiger charge is 2.45. The fourth-order valence-electron chi connectivity index (χ4n) is 5.03. The van der Waals surface area contributed by atoms with Gasteiger partial charge in [0.1, 0.15) is 0 Å². The van der Waals surface area contributed by atoms with Gasteiger partial charge in [-0.15, -0.1) is 0 Å². The van der Waals surface area contributed by atoms with E-state index >= 15 is 0 Å². The van der Waals surface area contributed by atoms with Crippen molar-refractivity contribution >= 4 is 11.9 Å². The van der Waals surface area contributed by atoms with Crippen molar-refractivity contribution in [2.24, 2.45) is 11.3 Å². The number of amides is 1. The highest BCUT2D eigenvalue weighted by molar-refractivity contribution is 5.77. The second-order valence-electron chi connectivity index (χ2n) is 9.91. The summed E-state index contributed by atoms with van der Waals surface area (Å²) in [6.45, 7) is 11.3. The predicted molar refractivity (Wildman–Crippen MR) is 121 cm³/mol. The molecule has 3 atom stereocenters. The third-order valence-corrected chi connectivity index (χ3v) is 7.55. The third-order valence-electron chi connectivity index (χ3n) is 7.55. The highest BCUT2D eigenvalue weighted by Crippen LogP contribution is 2.36. The van der Waals surface area contributed by atoms with E-state index in [4.69, 9.17) is 4.74 Å². The molecule has 0 N–H and O–H groups in total. The number of carbonyl (C=O) groups excluding carboxylic acids is 1. The summed E-state index contributed by atoms with van der Waals surface area (Å²) in [5.74, 6) is 0.860. The van der Waals surface area contributed by atoms with Gasteiger partial charge < -0.3 is 14.5 Å². The smallest absolute Gasteiger partial charge is 0.381 e. The normalized spacial score (nSPS) is 22.0. The van der Waals surface area contributed by atoms with E-state index in [0.717, 1.165) is 44.5 Å². The van der Waals surface area contributed by atoms with Gasteiger partial charge in [0, 0.05) is 32.1 Å². The van der Waals surface area contributed by atoms with Crippen LogP contribution in [0.1, 0.15) is 71.8 Å². The van der Waals surface area contributed by atoms with Crippen LogP contribution in [0.2, 0.25) is 0 Å². The van der Waals surface area contributed by atoms with Crippen LogP contribution in [0.4, 0.5) is 19.1 Å². The van der Waals surface area contributed by atoms with Gasteiger partial charge in [-0.05, 0) is 30.6 Å². The van der Waals surface area contributed by atoms with Crippen LogP contribution < -0.4 is 4.90 Å². The molecule has 0 bridgehead atoms. The van der Waals surface area contributed by atoms with Crippen molar-refractivity contribution in [2.45, 2.75) is 84.5 Å². The number of nitrogens with zero attached hydrogens (tertiary/aromatic N) is 4. The predicted octanol–water partition coefficient (Wildman–Crippen LogP) is 4.93. The molecule has 1 aromatic rings. The summed E-state index contributed by atoms with van der Waals surface area (Å²) in [5, 5.41) is 0. The molecular formula is C24H37F3N4O2. The van der Waals surface area contributed by atoms with E-state index in [1.165, 1.54) is 0 Å². The van der Waals surface area contributed by atoms with Crippen LogP contribution in [-0.2, 0) is 15.7 Å². The van der Waals surface area contributed by atoms with Gasteiger partial charge >= 0.3 is 6.18 Å². The van der Waals surface area contributed by atoms with Crippen molar-refractivity contribution in [1.29, 1.82) is 0 Å². The summed E-state index contributed by atoms with van der Waals surface area (Å²) >= 11 is 0. The Kier molecular flexibility index (Phi) is 8.24. The zero-order chi connectivity index (χ0) is 24.2. The van der Waals surface area contributed by atoms with Crippen molar-refractivity contribution in [3.8, 4) is 0 Å². The lowest BCUT2D eigenvalue weighted by Crippen LogP contribution is -2.40. The second kappa shape index (κ2) is 10.6. The Morgan fingerprint density at radius 2 is 1.82 bits per heavy atom. The molecule has 33 heavy (non-hydrogen) atoms. The van der Waals surface area contributed by atoms with Crippen LogP contribution in [-0.4, -0.2) is 59.2 Å². The van der Waals surface area contributed by atoms with Crippen molar-refractivity contribution in [1.82, 2.24) is 14.9 Å². The number of aromatic nitrogens is 2. The minimum atomic E-state index is -4.45. The first kappa shape index (κ1) is 25.7. The SMILES string of the molecule is CCCC(COCCC(=O)N1CC[C@@H]2[C@H]1CCN2c1ncc(C(F)(F)F)cn1)C(C)(C)CC. The van der Waals surface area contributed by atoms with Crippen molar-refractivity contribution in [3.63, 3.8) is 0 Å². The average molecular weight is 471 g/mol. The molecule has 2 aliphatic heterocycles. The van der Waals surface area contributed by atoms with E-state index < -0.39 is 11.7 Å². The topological polar surface area (TPSA) is 58.6 Å². The molecule has 2 fully saturated rings. The van der Waals surface area contributed by atoms with E-state index in [-0.39, 0.29) is 23.4 Å². The molecule has 0 aromatic carbocycles. The van der Waals surface area contributed by atoms with Crippen LogP contribution in [0.5, 0.6) is 0 Å². The minimum Gasteiger partial charge on any atom is -0.381 e. The molecule has 0 saturated carbocycles. The number of likely N-dealkylation sites (tertiary alicyclic amines) is 1. The Bertz CT molecular complexity index is 785. The first-order chi connectivity index (χ1) is 15.6. The number of alkyl halides is 3. The van der Waals surface area contributed by atoms with Crippen LogP contribution in [0.3, 0.4) is 0 Å². The number of carbonyl (C=O) groups is 1. The lowest BCUT2D eigenvalue weighted by molar-refractivity contribution is -0.138. The van der Waals surface area contributed by atoms with Gasteiger partial charge in [-0.25, -0.2) is 9.97 Å². The monoisotopic (exact) mass is 470 g/mol. The fourth-order valence-corrected chi connectivity index (χ4v) is 5.03. The van der Waals surface area contributed by atoms with E-state index in [1.54, 1.807) is 0 Å². The number of hydrogen-bond acceptors (Lipinski definition) is 5. The molecule has 1 unspecified atom stereocenters.